The number of pyridine rings is 1. The minimum absolute atomic E-state index is 0.00625. The van der Waals surface area contributed by atoms with Gasteiger partial charge in [-0.2, -0.15) is 5.10 Å². The molecule has 5 heteroatoms. The van der Waals surface area contributed by atoms with Gasteiger partial charge >= 0.3 is 0 Å². The minimum Gasteiger partial charge on any atom is -0.457 e. The first kappa shape index (κ1) is 35.3. The zero-order valence-corrected chi connectivity index (χ0v) is 32.7. The molecule has 0 spiro atoms. The highest BCUT2D eigenvalue weighted by atomic mass is 16.5. The van der Waals surface area contributed by atoms with E-state index in [4.69, 9.17) is 14.8 Å². The average Bonchev–Trinajstić information content (AvgIpc) is 3.59. The van der Waals surface area contributed by atoms with Gasteiger partial charge in [-0.05, 0) is 107 Å². The van der Waals surface area contributed by atoms with Gasteiger partial charge in [0.05, 0.1) is 22.4 Å². The van der Waals surface area contributed by atoms with Crippen LogP contribution in [0.5, 0.6) is 11.5 Å². The summed E-state index contributed by atoms with van der Waals surface area (Å²) in [6, 6.07) is 34.8. The van der Waals surface area contributed by atoms with Crippen LogP contribution in [0.15, 0.2) is 103 Å². The molecule has 0 N–H and O–H groups in total. The third-order valence-corrected chi connectivity index (χ3v) is 10.7. The summed E-state index contributed by atoms with van der Waals surface area (Å²) in [5, 5.41) is 7.45. The van der Waals surface area contributed by atoms with E-state index in [1.807, 2.05) is 6.20 Å². The Bertz CT molecular complexity index is 2410. The SMILES string of the molecule is Cc1nn(-c2cc(Oc3ccc4c5cc(C(C)C(C)C)ccc5n(-c5cc(C(C)(C)C)ccn5)c4c3)cc(C(C)(C)C)c2)c(C)c1-c1ccccc1. The van der Waals surface area contributed by atoms with Crippen LogP contribution in [-0.2, 0) is 10.8 Å². The van der Waals surface area contributed by atoms with Crippen LogP contribution in [0.4, 0.5) is 0 Å². The molecule has 0 radical (unpaired) electrons. The van der Waals surface area contributed by atoms with E-state index in [1.54, 1.807) is 0 Å². The van der Waals surface area contributed by atoms with Crippen LogP contribution < -0.4 is 4.74 Å². The molecule has 0 aliphatic heterocycles. The van der Waals surface area contributed by atoms with E-state index >= 15 is 0 Å². The summed E-state index contributed by atoms with van der Waals surface area (Å²) in [6.07, 6.45) is 1.94. The molecule has 7 aromatic rings. The van der Waals surface area contributed by atoms with Gasteiger partial charge in [0.1, 0.15) is 17.3 Å². The van der Waals surface area contributed by atoms with Crippen LogP contribution >= 0.6 is 0 Å². The molecule has 0 saturated heterocycles. The zero-order valence-electron chi connectivity index (χ0n) is 32.7. The van der Waals surface area contributed by atoms with Gasteiger partial charge in [-0.25, -0.2) is 9.67 Å². The molecule has 0 fully saturated rings. The Morgan fingerprint density at radius 3 is 2.08 bits per heavy atom. The molecule has 0 amide bonds. The van der Waals surface area contributed by atoms with Crippen molar-refractivity contribution in [1.29, 1.82) is 0 Å². The van der Waals surface area contributed by atoms with Gasteiger partial charge in [-0.1, -0.05) is 98.7 Å². The van der Waals surface area contributed by atoms with E-state index < -0.39 is 0 Å². The lowest BCUT2D eigenvalue weighted by molar-refractivity contribution is 0.478. The van der Waals surface area contributed by atoms with Gasteiger partial charge in [0.25, 0.3) is 0 Å². The fraction of sp³-hybridized carbons (Fsp3) is 0.319. The minimum atomic E-state index is -0.0998. The Hall–Kier alpha value is -5.16. The molecule has 1 atom stereocenters. The maximum atomic E-state index is 6.83. The van der Waals surface area contributed by atoms with Crippen LogP contribution in [0.3, 0.4) is 0 Å². The first-order valence-corrected chi connectivity index (χ1v) is 18.6. The summed E-state index contributed by atoms with van der Waals surface area (Å²) >= 11 is 0. The molecule has 3 aromatic heterocycles. The van der Waals surface area contributed by atoms with Crippen LogP contribution in [0.1, 0.15) is 96.3 Å². The Morgan fingerprint density at radius 2 is 1.38 bits per heavy atom. The van der Waals surface area contributed by atoms with Crippen molar-refractivity contribution in [2.45, 2.75) is 92.9 Å². The summed E-state index contributed by atoms with van der Waals surface area (Å²) in [5.74, 6) is 3.45. The van der Waals surface area contributed by atoms with Crippen molar-refractivity contribution in [2.24, 2.45) is 5.92 Å². The van der Waals surface area contributed by atoms with Crippen LogP contribution in [0.25, 0.3) is 44.4 Å². The summed E-state index contributed by atoms with van der Waals surface area (Å²) in [7, 11) is 0. The van der Waals surface area contributed by atoms with Crippen molar-refractivity contribution >= 4 is 21.8 Å². The molecule has 5 nitrogen and oxygen atoms in total. The first-order valence-electron chi connectivity index (χ1n) is 18.6. The van der Waals surface area contributed by atoms with Crippen molar-refractivity contribution in [2.75, 3.05) is 0 Å². The zero-order chi connectivity index (χ0) is 37.1. The largest absolute Gasteiger partial charge is 0.457 e. The standard InChI is InChI=1S/C47H52N4O/c1-29(2)30(3)34-17-20-42-41(23-34)40-19-18-38(28-43(40)50(42)44-26-35(21-22-48-44)46(6,7)8)52-39-25-36(47(9,10)11)24-37(27-39)51-32(5)45(31(4)49-51)33-15-13-12-14-16-33/h12-30H,1-11H3. The average molecular weight is 689 g/mol. The highest BCUT2D eigenvalue weighted by Gasteiger charge is 2.22. The number of nitrogens with zero attached hydrogens (tertiary/aromatic N) is 4. The number of hydrogen-bond donors (Lipinski definition) is 0. The monoisotopic (exact) mass is 688 g/mol. The Morgan fingerprint density at radius 1 is 0.654 bits per heavy atom. The Kier molecular flexibility index (Phi) is 8.89. The molecule has 4 aromatic carbocycles. The van der Waals surface area contributed by atoms with Gasteiger partial charge in [0.2, 0.25) is 0 Å². The van der Waals surface area contributed by atoms with Crippen LogP contribution in [-0.4, -0.2) is 19.3 Å². The smallest absolute Gasteiger partial charge is 0.137 e. The molecule has 7 rings (SSSR count). The van der Waals surface area contributed by atoms with Crippen LogP contribution in [0.2, 0.25) is 0 Å². The number of benzene rings is 4. The number of ether oxygens (including phenoxy) is 1. The molecular formula is C47H52N4O. The lowest BCUT2D eigenvalue weighted by atomic mass is 9.86. The van der Waals surface area contributed by atoms with Crippen molar-refractivity contribution in [1.82, 2.24) is 19.3 Å². The molecule has 0 aliphatic carbocycles. The third-order valence-electron chi connectivity index (χ3n) is 10.7. The van der Waals surface area contributed by atoms with Gasteiger partial charge in [0, 0.05) is 40.4 Å². The maximum Gasteiger partial charge on any atom is 0.137 e. The molecule has 3 heterocycles. The second kappa shape index (κ2) is 13.1. The first-order chi connectivity index (χ1) is 24.6. The van der Waals surface area contributed by atoms with E-state index in [0.29, 0.717) is 11.8 Å². The molecule has 0 bridgehead atoms. The van der Waals surface area contributed by atoms with E-state index in [0.717, 1.165) is 51.0 Å². The summed E-state index contributed by atoms with van der Waals surface area (Å²) < 4.78 is 11.2. The number of aromatic nitrogens is 4. The summed E-state index contributed by atoms with van der Waals surface area (Å²) in [4.78, 5) is 4.93. The molecule has 266 valence electrons. The topological polar surface area (TPSA) is 44.9 Å². The second-order valence-corrected chi connectivity index (χ2v) is 16.9. The quantitative estimate of drug-likeness (QED) is 0.167. The van der Waals surface area contributed by atoms with E-state index in [1.165, 1.54) is 33.0 Å². The predicted molar refractivity (Wildman–Crippen MR) is 218 cm³/mol. The summed E-state index contributed by atoms with van der Waals surface area (Å²) in [6.45, 7) is 24.6. The normalized spacial score (nSPS) is 13.0. The van der Waals surface area contributed by atoms with Gasteiger partial charge < -0.3 is 4.74 Å². The van der Waals surface area contributed by atoms with Gasteiger partial charge in [-0.15, -0.1) is 0 Å². The lowest BCUT2D eigenvalue weighted by Gasteiger charge is -2.22. The molecule has 1 unspecified atom stereocenters. The molecule has 0 saturated carbocycles. The summed E-state index contributed by atoms with van der Waals surface area (Å²) in [5.41, 5.74) is 11.3. The number of hydrogen-bond acceptors (Lipinski definition) is 3. The van der Waals surface area contributed by atoms with Crippen molar-refractivity contribution in [3.63, 3.8) is 0 Å². The highest BCUT2D eigenvalue weighted by Crippen LogP contribution is 2.39. The van der Waals surface area contributed by atoms with Crippen molar-refractivity contribution in [3.8, 4) is 34.1 Å². The molecule has 0 aliphatic rings. The van der Waals surface area contributed by atoms with Crippen molar-refractivity contribution < 1.29 is 4.74 Å². The number of aryl methyl sites for hydroxylation is 1. The predicted octanol–water partition coefficient (Wildman–Crippen LogP) is 12.8. The van der Waals surface area contributed by atoms with Crippen molar-refractivity contribution in [3.05, 3.63) is 131 Å². The van der Waals surface area contributed by atoms with Gasteiger partial charge in [-0.3, -0.25) is 4.57 Å². The Labute approximate surface area is 309 Å². The second-order valence-electron chi connectivity index (χ2n) is 16.9. The van der Waals surface area contributed by atoms with Gasteiger partial charge in [0.15, 0.2) is 0 Å². The highest BCUT2D eigenvalue weighted by molar-refractivity contribution is 6.09. The number of fused-ring (bicyclic) bond motifs is 3. The number of rotatable bonds is 7. The van der Waals surface area contributed by atoms with E-state index in [9.17, 15) is 0 Å². The maximum absolute atomic E-state index is 6.83. The third kappa shape index (κ3) is 6.53. The van der Waals surface area contributed by atoms with E-state index in [-0.39, 0.29) is 10.8 Å². The molecular weight excluding hydrogens is 637 g/mol. The van der Waals surface area contributed by atoms with E-state index in [2.05, 4.69) is 182 Å². The fourth-order valence-electron chi connectivity index (χ4n) is 7.25. The fourth-order valence-corrected chi connectivity index (χ4v) is 7.25. The molecule has 52 heavy (non-hydrogen) atoms. The Balaban J connectivity index is 1.38. The van der Waals surface area contributed by atoms with Crippen LogP contribution in [0, 0.1) is 19.8 Å². The lowest BCUT2D eigenvalue weighted by Crippen LogP contribution is -2.12.